The number of nitrogens with zero attached hydrogens (tertiary/aromatic N) is 3. The summed E-state index contributed by atoms with van der Waals surface area (Å²) >= 11 is 0. The number of hydrogen-bond acceptors (Lipinski definition) is 4. The predicted octanol–water partition coefficient (Wildman–Crippen LogP) is 3.42. The number of rotatable bonds is 6. The van der Waals surface area contributed by atoms with Crippen LogP contribution in [0.15, 0.2) is 53.5 Å². The maximum Gasteiger partial charge on any atom is 0.194 e. The van der Waals surface area contributed by atoms with Crippen LogP contribution in [-0.4, -0.2) is 63.4 Å². The Hall–Kier alpha value is -2.64. The van der Waals surface area contributed by atoms with Gasteiger partial charge in [-0.25, -0.2) is 4.39 Å². The maximum absolute atomic E-state index is 13.2. The van der Waals surface area contributed by atoms with Gasteiger partial charge in [-0.15, -0.1) is 0 Å². The first-order valence-corrected chi connectivity index (χ1v) is 11.4. The Labute approximate surface area is 190 Å². The van der Waals surface area contributed by atoms with Crippen LogP contribution in [0.25, 0.3) is 0 Å². The highest BCUT2D eigenvalue weighted by Gasteiger charge is 2.20. The van der Waals surface area contributed by atoms with E-state index in [4.69, 9.17) is 9.47 Å². The van der Waals surface area contributed by atoms with Crippen LogP contribution in [0.5, 0.6) is 0 Å². The molecule has 2 aromatic carbocycles. The standard InChI is InChI=1S/C25H33FN4O2/c1-27-25(30-14-12-29(13-15-30)23-8-6-22(26)7-9-23)28-18-20-2-4-21(5-3-20)19-32-24-10-16-31-17-11-24/h2-9,24H,10-19H2,1H3,(H,27,28). The quantitative estimate of drug-likeness (QED) is 0.551. The monoisotopic (exact) mass is 440 g/mol. The molecule has 2 heterocycles. The predicted molar refractivity (Wildman–Crippen MR) is 125 cm³/mol. The van der Waals surface area contributed by atoms with Gasteiger partial charge in [-0.3, -0.25) is 4.99 Å². The Morgan fingerprint density at radius 3 is 2.31 bits per heavy atom. The van der Waals surface area contributed by atoms with Gasteiger partial charge in [0, 0.05) is 58.7 Å². The molecule has 32 heavy (non-hydrogen) atoms. The van der Waals surface area contributed by atoms with Gasteiger partial charge in [0.2, 0.25) is 0 Å². The Morgan fingerprint density at radius 2 is 1.66 bits per heavy atom. The lowest BCUT2D eigenvalue weighted by molar-refractivity contribution is -0.0390. The Bertz CT molecular complexity index is 859. The van der Waals surface area contributed by atoms with Crippen molar-refractivity contribution >= 4 is 11.6 Å². The van der Waals surface area contributed by atoms with E-state index in [1.807, 2.05) is 19.2 Å². The minimum atomic E-state index is -0.197. The molecule has 2 saturated heterocycles. The summed E-state index contributed by atoms with van der Waals surface area (Å²) in [5.74, 6) is 0.715. The molecule has 0 spiro atoms. The Kier molecular flexibility index (Phi) is 7.96. The molecule has 2 aliphatic heterocycles. The summed E-state index contributed by atoms with van der Waals surface area (Å²) < 4.78 is 24.6. The molecule has 2 aromatic rings. The van der Waals surface area contributed by atoms with Gasteiger partial charge in [0.15, 0.2) is 5.96 Å². The molecule has 0 amide bonds. The van der Waals surface area contributed by atoms with Crippen LogP contribution in [0.1, 0.15) is 24.0 Å². The first-order chi connectivity index (χ1) is 15.7. The van der Waals surface area contributed by atoms with Crippen molar-refractivity contribution in [1.82, 2.24) is 10.2 Å². The van der Waals surface area contributed by atoms with Crippen molar-refractivity contribution in [3.05, 3.63) is 65.5 Å². The zero-order valence-corrected chi connectivity index (χ0v) is 18.8. The molecule has 2 fully saturated rings. The van der Waals surface area contributed by atoms with E-state index < -0.39 is 0 Å². The van der Waals surface area contributed by atoms with Crippen LogP contribution in [0.4, 0.5) is 10.1 Å². The van der Waals surface area contributed by atoms with Gasteiger partial charge in [0.25, 0.3) is 0 Å². The molecule has 0 atom stereocenters. The van der Waals surface area contributed by atoms with Crippen molar-refractivity contribution < 1.29 is 13.9 Å². The number of hydrogen-bond donors (Lipinski definition) is 1. The molecule has 6 nitrogen and oxygen atoms in total. The minimum absolute atomic E-state index is 0.197. The lowest BCUT2D eigenvalue weighted by Crippen LogP contribution is -2.52. The van der Waals surface area contributed by atoms with E-state index in [1.54, 1.807) is 0 Å². The summed E-state index contributed by atoms with van der Waals surface area (Å²) in [4.78, 5) is 9.02. The normalized spacial score (nSPS) is 18.1. The van der Waals surface area contributed by atoms with Crippen molar-refractivity contribution in [2.75, 3.05) is 51.3 Å². The summed E-state index contributed by atoms with van der Waals surface area (Å²) in [6.07, 6.45) is 2.29. The van der Waals surface area contributed by atoms with Gasteiger partial charge in [0.1, 0.15) is 5.82 Å². The van der Waals surface area contributed by atoms with Gasteiger partial charge in [-0.05, 0) is 48.2 Å². The minimum Gasteiger partial charge on any atom is -0.381 e. The van der Waals surface area contributed by atoms with Crippen LogP contribution in [0.2, 0.25) is 0 Å². The Balaban J connectivity index is 1.21. The number of ether oxygens (including phenoxy) is 2. The summed E-state index contributed by atoms with van der Waals surface area (Å²) in [5.41, 5.74) is 3.47. The van der Waals surface area contributed by atoms with E-state index in [0.29, 0.717) is 12.7 Å². The van der Waals surface area contributed by atoms with Crippen LogP contribution in [0.3, 0.4) is 0 Å². The number of nitrogens with one attached hydrogen (secondary N) is 1. The van der Waals surface area contributed by atoms with E-state index in [0.717, 1.165) is 70.4 Å². The number of aliphatic imine (C=N–C) groups is 1. The van der Waals surface area contributed by atoms with Gasteiger partial charge in [0.05, 0.1) is 12.7 Å². The molecule has 0 saturated carbocycles. The third-order valence-corrected chi connectivity index (χ3v) is 6.11. The Morgan fingerprint density at radius 1 is 1.00 bits per heavy atom. The fraction of sp³-hybridized carbons (Fsp3) is 0.480. The van der Waals surface area contributed by atoms with Gasteiger partial charge >= 0.3 is 0 Å². The number of halogens is 1. The summed E-state index contributed by atoms with van der Waals surface area (Å²) in [6.45, 7) is 6.50. The second-order valence-corrected chi connectivity index (χ2v) is 8.29. The fourth-order valence-corrected chi connectivity index (χ4v) is 4.15. The zero-order chi connectivity index (χ0) is 22.2. The van der Waals surface area contributed by atoms with E-state index in [9.17, 15) is 4.39 Å². The number of benzene rings is 2. The molecule has 4 rings (SSSR count). The van der Waals surface area contributed by atoms with Gasteiger partial charge in [-0.1, -0.05) is 24.3 Å². The van der Waals surface area contributed by atoms with Crippen LogP contribution in [0, 0.1) is 5.82 Å². The number of piperazine rings is 1. The third-order valence-electron chi connectivity index (χ3n) is 6.11. The SMILES string of the molecule is CN=C(NCc1ccc(COC2CCOCC2)cc1)N1CCN(c2ccc(F)cc2)CC1. The van der Waals surface area contributed by atoms with Crippen molar-refractivity contribution in [2.45, 2.75) is 32.1 Å². The summed E-state index contributed by atoms with van der Waals surface area (Å²) in [6, 6.07) is 15.3. The van der Waals surface area contributed by atoms with Crippen LogP contribution >= 0.6 is 0 Å². The third kappa shape index (κ3) is 6.20. The van der Waals surface area contributed by atoms with E-state index in [1.165, 1.54) is 23.3 Å². The van der Waals surface area contributed by atoms with Crippen molar-refractivity contribution in [1.29, 1.82) is 0 Å². The van der Waals surface area contributed by atoms with Crippen LogP contribution in [-0.2, 0) is 22.6 Å². The maximum atomic E-state index is 13.2. The summed E-state index contributed by atoms with van der Waals surface area (Å²) in [5, 5.41) is 3.48. The molecule has 1 N–H and O–H groups in total. The molecule has 0 bridgehead atoms. The zero-order valence-electron chi connectivity index (χ0n) is 18.8. The number of guanidine groups is 1. The summed E-state index contributed by atoms with van der Waals surface area (Å²) in [7, 11) is 1.82. The molecule has 0 aliphatic carbocycles. The smallest absolute Gasteiger partial charge is 0.194 e. The second-order valence-electron chi connectivity index (χ2n) is 8.29. The van der Waals surface area contributed by atoms with Gasteiger partial charge in [-0.2, -0.15) is 0 Å². The van der Waals surface area contributed by atoms with E-state index in [-0.39, 0.29) is 5.82 Å². The first kappa shape index (κ1) is 22.6. The fourth-order valence-electron chi connectivity index (χ4n) is 4.15. The van der Waals surface area contributed by atoms with Crippen LogP contribution < -0.4 is 10.2 Å². The molecule has 7 heteroatoms. The van der Waals surface area contributed by atoms with Crippen molar-refractivity contribution in [2.24, 2.45) is 4.99 Å². The van der Waals surface area contributed by atoms with Crippen molar-refractivity contribution in [3.8, 4) is 0 Å². The largest absolute Gasteiger partial charge is 0.381 e. The van der Waals surface area contributed by atoms with E-state index >= 15 is 0 Å². The topological polar surface area (TPSA) is 49.3 Å². The lowest BCUT2D eigenvalue weighted by atomic mass is 10.1. The second kappa shape index (κ2) is 11.3. The molecule has 0 aromatic heterocycles. The average molecular weight is 441 g/mol. The molecular formula is C25H33FN4O2. The van der Waals surface area contributed by atoms with Crippen molar-refractivity contribution in [3.63, 3.8) is 0 Å². The van der Waals surface area contributed by atoms with Gasteiger partial charge < -0.3 is 24.6 Å². The lowest BCUT2D eigenvalue weighted by Gasteiger charge is -2.37. The molecule has 0 unspecified atom stereocenters. The van der Waals surface area contributed by atoms with E-state index in [2.05, 4.69) is 44.4 Å². The molecular weight excluding hydrogens is 407 g/mol. The molecule has 172 valence electrons. The number of anilines is 1. The average Bonchev–Trinajstić information content (AvgIpc) is 2.85. The molecule has 0 radical (unpaired) electrons. The highest BCUT2D eigenvalue weighted by molar-refractivity contribution is 5.80. The highest BCUT2D eigenvalue weighted by Crippen LogP contribution is 2.17. The molecule has 2 aliphatic rings. The highest BCUT2D eigenvalue weighted by atomic mass is 19.1. The first-order valence-electron chi connectivity index (χ1n) is 11.4.